The zero-order valence-electron chi connectivity index (χ0n) is 13.8. The molecule has 1 saturated heterocycles. The number of nitrogen functional groups attached to an aromatic ring is 1. The Morgan fingerprint density at radius 2 is 2.04 bits per heavy atom. The molecule has 0 atom stereocenters. The van der Waals surface area contributed by atoms with Crippen molar-refractivity contribution in [2.24, 2.45) is 0 Å². The summed E-state index contributed by atoms with van der Waals surface area (Å²) in [4.78, 5) is 14.5. The quantitative estimate of drug-likeness (QED) is 0.395. The van der Waals surface area contributed by atoms with Crippen molar-refractivity contribution >= 4 is 27.6 Å². The number of aliphatic hydroxyl groups excluding tert-OH is 1. The number of nitrogens with zero attached hydrogens (tertiary/aromatic N) is 1. The first-order valence-electron chi connectivity index (χ1n) is 8.28. The molecule has 0 bridgehead atoms. The van der Waals surface area contributed by atoms with E-state index in [9.17, 15) is 4.79 Å². The lowest BCUT2D eigenvalue weighted by atomic mass is 10.1. The summed E-state index contributed by atoms with van der Waals surface area (Å²) in [6.45, 7) is 4.37. The highest BCUT2D eigenvalue weighted by Crippen LogP contribution is 2.27. The maximum absolute atomic E-state index is 12.2. The Balaban J connectivity index is 1.98. The number of hydrogen-bond donors (Lipinski definition) is 2. The molecule has 134 valence electrons. The van der Waals surface area contributed by atoms with Crippen LogP contribution in [0.3, 0.4) is 0 Å². The van der Waals surface area contributed by atoms with Gasteiger partial charge in [-0.15, -0.1) is 0 Å². The molecule has 1 aliphatic rings. The van der Waals surface area contributed by atoms with Crippen LogP contribution in [0, 0.1) is 0 Å². The van der Waals surface area contributed by atoms with Crippen LogP contribution in [-0.2, 0) is 16.0 Å². The number of anilines is 1. The summed E-state index contributed by atoms with van der Waals surface area (Å²) in [7, 11) is 0. The van der Waals surface area contributed by atoms with Crippen LogP contribution in [-0.4, -0.2) is 55.5 Å². The maximum atomic E-state index is 12.2. The van der Waals surface area contributed by atoms with E-state index in [1.807, 2.05) is 6.07 Å². The van der Waals surface area contributed by atoms with Gasteiger partial charge in [0, 0.05) is 30.7 Å². The number of morpholine rings is 1. The van der Waals surface area contributed by atoms with Gasteiger partial charge in [-0.3, -0.25) is 4.90 Å². The van der Waals surface area contributed by atoms with Crippen LogP contribution < -0.4 is 5.73 Å². The first-order chi connectivity index (χ1) is 11.6. The standard InChI is InChI=1S/C17H25BrN2O4/c18-15-11-13(17(22)24-7-3-1-2-6-21)10-14(16(15)19)12-20-4-8-23-9-5-20/h10-11,21H,1-9,12,19H2. The van der Waals surface area contributed by atoms with Crippen LogP contribution in [0.2, 0.25) is 0 Å². The van der Waals surface area contributed by atoms with Gasteiger partial charge in [-0.25, -0.2) is 4.79 Å². The van der Waals surface area contributed by atoms with Gasteiger partial charge in [0.1, 0.15) is 0 Å². The first kappa shape index (κ1) is 19.2. The van der Waals surface area contributed by atoms with Gasteiger partial charge in [-0.05, 0) is 52.9 Å². The Labute approximate surface area is 151 Å². The Morgan fingerprint density at radius 3 is 2.75 bits per heavy atom. The highest BCUT2D eigenvalue weighted by Gasteiger charge is 2.17. The van der Waals surface area contributed by atoms with Gasteiger partial charge in [0.2, 0.25) is 0 Å². The maximum Gasteiger partial charge on any atom is 0.338 e. The summed E-state index contributed by atoms with van der Waals surface area (Å²) in [5, 5.41) is 8.74. The number of unbranched alkanes of at least 4 members (excludes halogenated alkanes) is 2. The fourth-order valence-electron chi connectivity index (χ4n) is 2.56. The topological polar surface area (TPSA) is 85.0 Å². The minimum atomic E-state index is -0.345. The highest BCUT2D eigenvalue weighted by molar-refractivity contribution is 9.10. The smallest absolute Gasteiger partial charge is 0.338 e. The number of benzene rings is 1. The Bertz CT molecular complexity index is 548. The van der Waals surface area contributed by atoms with Crippen molar-refractivity contribution < 1.29 is 19.4 Å². The molecule has 1 aromatic rings. The number of halogens is 1. The molecule has 0 spiro atoms. The van der Waals surface area contributed by atoms with E-state index in [2.05, 4.69) is 20.8 Å². The van der Waals surface area contributed by atoms with E-state index < -0.39 is 0 Å². The summed E-state index contributed by atoms with van der Waals surface area (Å²) in [6, 6.07) is 3.51. The number of nitrogens with two attached hydrogens (primary N) is 1. The largest absolute Gasteiger partial charge is 0.462 e. The van der Waals surface area contributed by atoms with Crippen LogP contribution in [0.5, 0.6) is 0 Å². The molecule has 2 rings (SSSR count). The molecule has 0 radical (unpaired) electrons. The molecule has 0 aromatic heterocycles. The van der Waals surface area contributed by atoms with Crippen molar-refractivity contribution in [1.82, 2.24) is 4.90 Å². The minimum Gasteiger partial charge on any atom is -0.462 e. The number of carbonyl (C=O) groups is 1. The fraction of sp³-hybridized carbons (Fsp3) is 0.588. The van der Waals surface area contributed by atoms with Crippen molar-refractivity contribution in [1.29, 1.82) is 0 Å². The van der Waals surface area contributed by atoms with E-state index in [1.54, 1.807) is 6.07 Å². The predicted molar refractivity (Wildman–Crippen MR) is 95.9 cm³/mol. The monoisotopic (exact) mass is 400 g/mol. The molecule has 0 amide bonds. The Kier molecular flexibility index (Phi) is 7.98. The van der Waals surface area contributed by atoms with Gasteiger partial charge in [0.15, 0.2) is 0 Å². The van der Waals surface area contributed by atoms with E-state index >= 15 is 0 Å². The van der Waals surface area contributed by atoms with Crippen LogP contribution in [0.4, 0.5) is 5.69 Å². The molecule has 1 aromatic carbocycles. The van der Waals surface area contributed by atoms with Crippen LogP contribution in [0.1, 0.15) is 35.2 Å². The third kappa shape index (κ3) is 5.73. The van der Waals surface area contributed by atoms with Gasteiger partial charge < -0.3 is 20.3 Å². The van der Waals surface area contributed by atoms with Crippen LogP contribution in [0.25, 0.3) is 0 Å². The van der Waals surface area contributed by atoms with E-state index in [0.717, 1.165) is 51.1 Å². The first-order valence-corrected chi connectivity index (χ1v) is 9.07. The van der Waals surface area contributed by atoms with Gasteiger partial charge in [-0.2, -0.15) is 0 Å². The van der Waals surface area contributed by atoms with Gasteiger partial charge in [-0.1, -0.05) is 0 Å². The average molecular weight is 401 g/mol. The van der Waals surface area contributed by atoms with Gasteiger partial charge in [0.25, 0.3) is 0 Å². The molecule has 24 heavy (non-hydrogen) atoms. The zero-order valence-corrected chi connectivity index (χ0v) is 15.4. The fourth-order valence-corrected chi connectivity index (χ4v) is 3.06. The summed E-state index contributed by atoms with van der Waals surface area (Å²) >= 11 is 3.43. The van der Waals surface area contributed by atoms with E-state index in [-0.39, 0.29) is 12.6 Å². The molecule has 0 saturated carbocycles. The SMILES string of the molecule is Nc1c(Br)cc(C(=O)OCCCCCO)cc1CN1CCOCC1. The van der Waals surface area contributed by atoms with Crippen molar-refractivity contribution in [3.05, 3.63) is 27.7 Å². The third-order valence-electron chi connectivity index (χ3n) is 3.98. The third-order valence-corrected chi connectivity index (χ3v) is 4.64. The van der Waals surface area contributed by atoms with E-state index in [0.29, 0.717) is 28.9 Å². The summed E-state index contributed by atoms with van der Waals surface area (Å²) in [5.41, 5.74) is 8.21. The van der Waals surface area contributed by atoms with Crippen molar-refractivity contribution in [3.8, 4) is 0 Å². The second-order valence-corrected chi connectivity index (χ2v) is 6.69. The molecule has 1 aliphatic heterocycles. The second kappa shape index (κ2) is 9.98. The molecule has 0 aliphatic carbocycles. The van der Waals surface area contributed by atoms with Gasteiger partial charge in [0.05, 0.1) is 31.1 Å². The lowest BCUT2D eigenvalue weighted by Crippen LogP contribution is -2.35. The van der Waals surface area contributed by atoms with E-state index in [4.69, 9.17) is 20.3 Å². The molecule has 6 nitrogen and oxygen atoms in total. The molecular formula is C17H25BrN2O4. The van der Waals surface area contributed by atoms with Gasteiger partial charge >= 0.3 is 5.97 Å². The number of rotatable bonds is 8. The van der Waals surface area contributed by atoms with Crippen LogP contribution in [0.15, 0.2) is 16.6 Å². The number of hydrogen-bond acceptors (Lipinski definition) is 6. The molecule has 1 heterocycles. The number of ether oxygens (including phenoxy) is 2. The molecule has 1 fully saturated rings. The van der Waals surface area contributed by atoms with Crippen molar-refractivity contribution in [2.75, 3.05) is 45.3 Å². The number of carbonyl (C=O) groups excluding carboxylic acids is 1. The van der Waals surface area contributed by atoms with Crippen molar-refractivity contribution in [3.63, 3.8) is 0 Å². The Morgan fingerprint density at radius 1 is 1.29 bits per heavy atom. The van der Waals surface area contributed by atoms with Crippen LogP contribution >= 0.6 is 15.9 Å². The zero-order chi connectivity index (χ0) is 17.4. The summed E-state index contributed by atoms with van der Waals surface area (Å²) in [5.74, 6) is -0.345. The summed E-state index contributed by atoms with van der Waals surface area (Å²) in [6.07, 6.45) is 2.33. The van der Waals surface area contributed by atoms with Crippen molar-refractivity contribution in [2.45, 2.75) is 25.8 Å². The molecule has 7 heteroatoms. The lowest BCUT2D eigenvalue weighted by Gasteiger charge is -2.27. The number of esters is 1. The Hall–Kier alpha value is -1.15. The minimum absolute atomic E-state index is 0.170. The van der Waals surface area contributed by atoms with E-state index in [1.165, 1.54) is 0 Å². The molecular weight excluding hydrogens is 376 g/mol. The lowest BCUT2D eigenvalue weighted by molar-refractivity contribution is 0.0342. The number of aliphatic hydroxyl groups is 1. The molecule has 3 N–H and O–H groups in total. The average Bonchev–Trinajstić information content (AvgIpc) is 2.59. The molecule has 0 unspecified atom stereocenters. The normalized spacial score (nSPS) is 15.4. The predicted octanol–water partition coefficient (Wildman–Crippen LogP) is 2.18. The summed E-state index contributed by atoms with van der Waals surface area (Å²) < 4.78 is 11.4. The second-order valence-electron chi connectivity index (χ2n) is 5.84. The highest BCUT2D eigenvalue weighted by atomic mass is 79.9.